The van der Waals surface area contributed by atoms with Crippen LogP contribution >= 0.6 is 11.6 Å². The average Bonchev–Trinajstić information content (AvgIpc) is 2.91. The molecule has 0 aliphatic heterocycles. The van der Waals surface area contributed by atoms with Gasteiger partial charge in [0.1, 0.15) is 0 Å². The number of halogens is 4. The molecule has 25 heavy (non-hydrogen) atoms. The molecule has 0 amide bonds. The Morgan fingerprint density at radius 1 is 1.16 bits per heavy atom. The van der Waals surface area contributed by atoms with E-state index in [0.717, 1.165) is 27.9 Å². The molecular formula is C17H12ClF3N2O2. The van der Waals surface area contributed by atoms with E-state index >= 15 is 0 Å². The molecular weight excluding hydrogens is 357 g/mol. The number of nitrogens with zero attached hydrogens (tertiary/aromatic N) is 2. The maximum Gasteiger partial charge on any atom is 0.437 e. The van der Waals surface area contributed by atoms with Crippen LogP contribution in [0.1, 0.15) is 16.7 Å². The molecule has 3 rings (SSSR count). The van der Waals surface area contributed by atoms with Crippen molar-refractivity contribution in [2.24, 2.45) is 0 Å². The topological polar surface area (TPSA) is 48.0 Å². The van der Waals surface area contributed by atoms with Gasteiger partial charge in [0, 0.05) is 10.6 Å². The fourth-order valence-corrected chi connectivity index (χ4v) is 2.49. The molecule has 0 saturated heterocycles. The van der Waals surface area contributed by atoms with Crippen molar-refractivity contribution in [1.82, 2.24) is 9.78 Å². The van der Waals surface area contributed by atoms with Gasteiger partial charge >= 0.3 is 11.9 Å². The Morgan fingerprint density at radius 3 is 2.48 bits per heavy atom. The third kappa shape index (κ3) is 3.76. The number of aryl methyl sites for hydroxylation is 1. The van der Waals surface area contributed by atoms with E-state index in [4.69, 9.17) is 16.0 Å². The van der Waals surface area contributed by atoms with Crippen LogP contribution in [0.5, 0.6) is 0 Å². The minimum absolute atomic E-state index is 0.0431. The van der Waals surface area contributed by atoms with Crippen LogP contribution in [0.15, 0.2) is 51.7 Å². The van der Waals surface area contributed by atoms with E-state index in [1.54, 1.807) is 12.1 Å². The summed E-state index contributed by atoms with van der Waals surface area (Å²) in [6.07, 6.45) is -4.43. The van der Waals surface area contributed by atoms with Crippen molar-refractivity contribution in [3.63, 3.8) is 0 Å². The van der Waals surface area contributed by atoms with Gasteiger partial charge < -0.3 is 4.42 Å². The zero-order valence-electron chi connectivity index (χ0n) is 13.0. The van der Waals surface area contributed by atoms with Gasteiger partial charge in [0.05, 0.1) is 12.1 Å². The smallest absolute Gasteiger partial charge is 0.388 e. The Bertz CT molecular complexity index is 959. The minimum atomic E-state index is -4.43. The molecule has 0 atom stereocenters. The fraction of sp³-hybridized carbons (Fsp3) is 0.176. The summed E-state index contributed by atoms with van der Waals surface area (Å²) in [4.78, 5) is 12.0. The van der Waals surface area contributed by atoms with Gasteiger partial charge in [0.25, 0.3) is 0 Å². The quantitative estimate of drug-likeness (QED) is 0.682. The van der Waals surface area contributed by atoms with Crippen molar-refractivity contribution in [3.8, 4) is 11.5 Å². The van der Waals surface area contributed by atoms with Crippen molar-refractivity contribution in [2.45, 2.75) is 19.6 Å². The lowest BCUT2D eigenvalue weighted by Crippen LogP contribution is -2.17. The highest BCUT2D eigenvalue weighted by atomic mass is 35.5. The van der Waals surface area contributed by atoms with Crippen LogP contribution in [0.2, 0.25) is 5.02 Å². The molecule has 0 N–H and O–H groups in total. The van der Waals surface area contributed by atoms with Crippen molar-refractivity contribution < 1.29 is 17.6 Å². The first-order chi connectivity index (χ1) is 11.7. The van der Waals surface area contributed by atoms with Crippen LogP contribution in [0.4, 0.5) is 13.2 Å². The molecule has 0 saturated carbocycles. The summed E-state index contributed by atoms with van der Waals surface area (Å²) in [5.41, 5.74) is 1.22. The molecule has 0 bridgehead atoms. The van der Waals surface area contributed by atoms with E-state index in [0.29, 0.717) is 5.02 Å². The first-order valence-corrected chi connectivity index (χ1v) is 7.62. The molecule has 2 aromatic carbocycles. The Balaban J connectivity index is 1.90. The van der Waals surface area contributed by atoms with E-state index in [9.17, 15) is 18.0 Å². The largest absolute Gasteiger partial charge is 0.437 e. The highest BCUT2D eigenvalue weighted by molar-refractivity contribution is 6.30. The predicted octanol–water partition coefficient (Wildman–Crippen LogP) is 4.53. The van der Waals surface area contributed by atoms with Gasteiger partial charge in [-0.1, -0.05) is 17.7 Å². The van der Waals surface area contributed by atoms with Crippen molar-refractivity contribution >= 4 is 11.6 Å². The molecule has 8 heteroatoms. The van der Waals surface area contributed by atoms with E-state index < -0.39 is 17.5 Å². The molecule has 3 aromatic rings. The average molecular weight is 369 g/mol. The van der Waals surface area contributed by atoms with E-state index in [1.165, 1.54) is 12.1 Å². The number of aromatic nitrogens is 2. The first-order valence-electron chi connectivity index (χ1n) is 7.24. The van der Waals surface area contributed by atoms with Gasteiger partial charge in [-0.2, -0.15) is 17.9 Å². The number of benzene rings is 2. The summed E-state index contributed by atoms with van der Waals surface area (Å²) >= 11 is 5.95. The van der Waals surface area contributed by atoms with Crippen LogP contribution in [0.3, 0.4) is 0 Å². The zero-order valence-corrected chi connectivity index (χ0v) is 13.7. The molecule has 0 spiro atoms. The second kappa shape index (κ2) is 6.40. The van der Waals surface area contributed by atoms with Gasteiger partial charge in [-0.15, -0.1) is 5.10 Å². The Kier molecular flexibility index (Phi) is 4.43. The van der Waals surface area contributed by atoms with Gasteiger partial charge in [-0.05, 0) is 54.4 Å². The number of hydrogen-bond acceptors (Lipinski definition) is 3. The number of hydrogen-bond donors (Lipinski definition) is 0. The van der Waals surface area contributed by atoms with Crippen molar-refractivity contribution in [1.29, 1.82) is 0 Å². The molecule has 0 aliphatic rings. The lowest BCUT2D eigenvalue weighted by molar-refractivity contribution is -0.137. The third-order valence-electron chi connectivity index (χ3n) is 3.70. The summed E-state index contributed by atoms with van der Waals surface area (Å²) < 4.78 is 44.0. The number of rotatable bonds is 3. The zero-order chi connectivity index (χ0) is 18.2. The fourth-order valence-electron chi connectivity index (χ4n) is 2.30. The molecule has 130 valence electrons. The van der Waals surface area contributed by atoms with Crippen LogP contribution in [-0.4, -0.2) is 9.78 Å². The molecule has 0 aliphatic carbocycles. The van der Waals surface area contributed by atoms with Crippen LogP contribution in [0, 0.1) is 6.92 Å². The Morgan fingerprint density at radius 2 is 1.84 bits per heavy atom. The van der Waals surface area contributed by atoms with E-state index in [1.807, 2.05) is 13.0 Å². The lowest BCUT2D eigenvalue weighted by atomic mass is 10.1. The van der Waals surface area contributed by atoms with Crippen LogP contribution < -0.4 is 5.76 Å². The summed E-state index contributed by atoms with van der Waals surface area (Å²) in [7, 11) is 0. The minimum Gasteiger partial charge on any atom is -0.388 e. The van der Waals surface area contributed by atoms with Crippen molar-refractivity contribution in [2.75, 3.05) is 0 Å². The molecule has 4 nitrogen and oxygen atoms in total. The predicted molar refractivity (Wildman–Crippen MR) is 86.5 cm³/mol. The highest BCUT2D eigenvalue weighted by Crippen LogP contribution is 2.30. The Labute approximate surface area is 145 Å². The van der Waals surface area contributed by atoms with Gasteiger partial charge in [-0.3, -0.25) is 0 Å². The lowest BCUT2D eigenvalue weighted by Gasteiger charge is -2.06. The third-order valence-corrected chi connectivity index (χ3v) is 3.93. The van der Waals surface area contributed by atoms with Gasteiger partial charge in [0.2, 0.25) is 5.89 Å². The molecule has 0 radical (unpaired) electrons. The first kappa shape index (κ1) is 17.3. The van der Waals surface area contributed by atoms with E-state index in [-0.39, 0.29) is 18.0 Å². The SMILES string of the molecule is Cc1ccc(Cl)cc1Cn1nc(-c2ccc(C(F)(F)F)cc2)oc1=O. The summed E-state index contributed by atoms with van der Waals surface area (Å²) in [6, 6.07) is 9.52. The maximum atomic E-state index is 12.6. The summed E-state index contributed by atoms with van der Waals surface area (Å²) in [6.45, 7) is 2.02. The highest BCUT2D eigenvalue weighted by Gasteiger charge is 2.30. The van der Waals surface area contributed by atoms with Crippen LogP contribution in [-0.2, 0) is 12.7 Å². The number of alkyl halides is 3. The summed E-state index contributed by atoms with van der Waals surface area (Å²) in [5, 5.41) is 4.58. The monoisotopic (exact) mass is 368 g/mol. The van der Waals surface area contributed by atoms with Gasteiger partial charge in [-0.25, -0.2) is 4.79 Å². The van der Waals surface area contributed by atoms with E-state index in [2.05, 4.69) is 5.10 Å². The summed E-state index contributed by atoms with van der Waals surface area (Å²) in [5.74, 6) is -0.743. The molecule has 0 fully saturated rings. The molecule has 1 heterocycles. The standard InChI is InChI=1S/C17H12ClF3N2O2/c1-10-2-7-14(18)8-12(10)9-23-16(24)25-15(22-23)11-3-5-13(6-4-11)17(19,20)21/h2-8H,9H2,1H3. The van der Waals surface area contributed by atoms with Crippen LogP contribution in [0.25, 0.3) is 11.5 Å². The molecule has 0 unspecified atom stereocenters. The van der Waals surface area contributed by atoms with Gasteiger partial charge in [0.15, 0.2) is 0 Å². The maximum absolute atomic E-state index is 12.6. The normalized spacial score (nSPS) is 11.7. The molecule has 1 aromatic heterocycles. The Hall–Kier alpha value is -2.54. The second-order valence-corrected chi connectivity index (χ2v) is 5.91. The van der Waals surface area contributed by atoms with Crippen molar-refractivity contribution in [3.05, 3.63) is 74.7 Å². The second-order valence-electron chi connectivity index (χ2n) is 5.48.